The van der Waals surface area contributed by atoms with E-state index in [0.29, 0.717) is 0 Å². The van der Waals surface area contributed by atoms with Gasteiger partial charge in [0.15, 0.2) is 0 Å². The Hall–Kier alpha value is -0.790. The standard InChI is InChI=1S/C11H18O2/c1-2-7-11(12)13-10-8-5-3-4-6-9-10/h2,7,10H,3-6,8-9H2,1H3/b7-2+. The van der Waals surface area contributed by atoms with Crippen LogP contribution in [0.5, 0.6) is 0 Å². The van der Waals surface area contributed by atoms with E-state index < -0.39 is 0 Å². The summed E-state index contributed by atoms with van der Waals surface area (Å²) in [6.07, 6.45) is 10.5. The highest BCUT2D eigenvalue weighted by Crippen LogP contribution is 2.19. The fourth-order valence-corrected chi connectivity index (χ4v) is 1.70. The molecule has 0 aromatic carbocycles. The van der Waals surface area contributed by atoms with Gasteiger partial charge in [-0.15, -0.1) is 0 Å². The van der Waals surface area contributed by atoms with Gasteiger partial charge in [-0.05, 0) is 32.6 Å². The number of hydrogen-bond donors (Lipinski definition) is 0. The molecule has 1 fully saturated rings. The first-order chi connectivity index (χ1) is 6.33. The summed E-state index contributed by atoms with van der Waals surface area (Å²) < 4.78 is 5.29. The minimum Gasteiger partial charge on any atom is -0.459 e. The average Bonchev–Trinajstić information content (AvgIpc) is 2.33. The molecule has 0 spiro atoms. The fourth-order valence-electron chi connectivity index (χ4n) is 1.70. The maximum Gasteiger partial charge on any atom is 0.330 e. The van der Waals surface area contributed by atoms with Crippen molar-refractivity contribution in [3.05, 3.63) is 12.2 Å². The van der Waals surface area contributed by atoms with Crippen LogP contribution in [0.15, 0.2) is 12.2 Å². The van der Waals surface area contributed by atoms with Gasteiger partial charge in [0, 0.05) is 6.08 Å². The monoisotopic (exact) mass is 182 g/mol. The molecule has 0 unspecified atom stereocenters. The Morgan fingerprint density at radius 3 is 2.38 bits per heavy atom. The molecule has 0 N–H and O–H groups in total. The van der Waals surface area contributed by atoms with E-state index in [0.717, 1.165) is 12.8 Å². The highest BCUT2D eigenvalue weighted by atomic mass is 16.5. The van der Waals surface area contributed by atoms with Gasteiger partial charge in [0.05, 0.1) is 0 Å². The molecule has 2 heteroatoms. The molecule has 0 bridgehead atoms. The molecule has 0 radical (unpaired) electrons. The second-order valence-electron chi connectivity index (χ2n) is 3.55. The summed E-state index contributed by atoms with van der Waals surface area (Å²) in [6.45, 7) is 1.83. The molecule has 0 amide bonds. The van der Waals surface area contributed by atoms with Crippen LogP contribution in [0.1, 0.15) is 45.4 Å². The second kappa shape index (κ2) is 5.79. The Bertz CT molecular complexity index is 177. The molecule has 13 heavy (non-hydrogen) atoms. The van der Waals surface area contributed by atoms with Crippen molar-refractivity contribution >= 4 is 5.97 Å². The Morgan fingerprint density at radius 1 is 1.23 bits per heavy atom. The van der Waals surface area contributed by atoms with E-state index in [4.69, 9.17) is 4.74 Å². The summed E-state index contributed by atoms with van der Waals surface area (Å²) in [7, 11) is 0. The van der Waals surface area contributed by atoms with Crippen LogP contribution < -0.4 is 0 Å². The number of carbonyl (C=O) groups is 1. The predicted octanol–water partition coefficient (Wildman–Crippen LogP) is 2.83. The SMILES string of the molecule is C/C=C/C(=O)OC1CCCCCC1. The number of rotatable bonds is 2. The molecule has 74 valence electrons. The van der Waals surface area contributed by atoms with E-state index in [2.05, 4.69) is 0 Å². The van der Waals surface area contributed by atoms with Crippen LogP contribution >= 0.6 is 0 Å². The van der Waals surface area contributed by atoms with Crippen molar-refractivity contribution in [2.45, 2.75) is 51.6 Å². The number of esters is 1. The van der Waals surface area contributed by atoms with E-state index in [1.54, 1.807) is 6.08 Å². The maximum atomic E-state index is 11.1. The van der Waals surface area contributed by atoms with Gasteiger partial charge in [-0.2, -0.15) is 0 Å². The van der Waals surface area contributed by atoms with Gasteiger partial charge in [0.1, 0.15) is 6.10 Å². The van der Waals surface area contributed by atoms with E-state index in [1.165, 1.54) is 31.8 Å². The lowest BCUT2D eigenvalue weighted by atomic mass is 10.1. The van der Waals surface area contributed by atoms with E-state index in [-0.39, 0.29) is 12.1 Å². The molecule has 0 heterocycles. The van der Waals surface area contributed by atoms with Gasteiger partial charge in [-0.25, -0.2) is 4.79 Å². The van der Waals surface area contributed by atoms with Gasteiger partial charge in [0.2, 0.25) is 0 Å². The molecule has 0 saturated heterocycles. The minimum absolute atomic E-state index is 0.172. The fraction of sp³-hybridized carbons (Fsp3) is 0.727. The summed E-state index contributed by atoms with van der Waals surface area (Å²) >= 11 is 0. The molecule has 1 aliphatic rings. The molecule has 0 aromatic rings. The summed E-state index contributed by atoms with van der Waals surface area (Å²) in [4.78, 5) is 11.1. The number of allylic oxidation sites excluding steroid dienone is 1. The lowest BCUT2D eigenvalue weighted by Gasteiger charge is -2.13. The van der Waals surface area contributed by atoms with Crippen molar-refractivity contribution in [3.8, 4) is 0 Å². The van der Waals surface area contributed by atoms with Gasteiger partial charge < -0.3 is 4.74 Å². The lowest BCUT2D eigenvalue weighted by molar-refractivity contribution is -0.143. The van der Waals surface area contributed by atoms with Crippen LogP contribution in [0.3, 0.4) is 0 Å². The quantitative estimate of drug-likeness (QED) is 0.373. The van der Waals surface area contributed by atoms with Crippen LogP contribution in [-0.2, 0) is 9.53 Å². The molecule has 0 aliphatic heterocycles. The third-order valence-electron chi connectivity index (χ3n) is 2.39. The smallest absolute Gasteiger partial charge is 0.330 e. The van der Waals surface area contributed by atoms with Crippen LogP contribution in [0.4, 0.5) is 0 Å². The van der Waals surface area contributed by atoms with Crippen LogP contribution in [0, 0.1) is 0 Å². The minimum atomic E-state index is -0.186. The van der Waals surface area contributed by atoms with Crippen LogP contribution in [-0.4, -0.2) is 12.1 Å². The highest BCUT2D eigenvalue weighted by molar-refractivity contribution is 5.81. The van der Waals surface area contributed by atoms with E-state index >= 15 is 0 Å². The summed E-state index contributed by atoms with van der Waals surface area (Å²) in [5.74, 6) is -0.186. The zero-order valence-electron chi connectivity index (χ0n) is 8.29. The Kier molecular flexibility index (Phi) is 4.58. The zero-order chi connectivity index (χ0) is 9.52. The number of hydrogen-bond acceptors (Lipinski definition) is 2. The third-order valence-corrected chi connectivity index (χ3v) is 2.39. The molecule has 1 rings (SSSR count). The summed E-state index contributed by atoms with van der Waals surface area (Å²) in [6, 6.07) is 0. The lowest BCUT2D eigenvalue weighted by Crippen LogP contribution is -2.15. The molecule has 1 saturated carbocycles. The van der Waals surface area contributed by atoms with E-state index in [1.807, 2.05) is 6.92 Å². The molecular formula is C11H18O2. The first-order valence-corrected chi connectivity index (χ1v) is 5.16. The van der Waals surface area contributed by atoms with Crippen LogP contribution in [0.2, 0.25) is 0 Å². The average molecular weight is 182 g/mol. The topological polar surface area (TPSA) is 26.3 Å². The zero-order valence-corrected chi connectivity index (χ0v) is 8.29. The molecule has 2 nitrogen and oxygen atoms in total. The van der Waals surface area contributed by atoms with Crippen molar-refractivity contribution in [1.29, 1.82) is 0 Å². The number of carbonyl (C=O) groups excluding carboxylic acids is 1. The Balaban J connectivity index is 2.29. The van der Waals surface area contributed by atoms with Crippen molar-refractivity contribution in [1.82, 2.24) is 0 Å². The third kappa shape index (κ3) is 4.11. The first kappa shape index (κ1) is 10.3. The van der Waals surface area contributed by atoms with Gasteiger partial charge in [-0.1, -0.05) is 18.9 Å². The second-order valence-corrected chi connectivity index (χ2v) is 3.55. The highest BCUT2D eigenvalue weighted by Gasteiger charge is 2.14. The first-order valence-electron chi connectivity index (χ1n) is 5.16. The van der Waals surface area contributed by atoms with Gasteiger partial charge >= 0.3 is 5.97 Å². The molecule has 0 aromatic heterocycles. The summed E-state index contributed by atoms with van der Waals surface area (Å²) in [5, 5.41) is 0. The van der Waals surface area contributed by atoms with Crippen molar-refractivity contribution < 1.29 is 9.53 Å². The Labute approximate surface area is 80.0 Å². The Morgan fingerprint density at radius 2 is 1.85 bits per heavy atom. The van der Waals surface area contributed by atoms with E-state index in [9.17, 15) is 4.79 Å². The molecular weight excluding hydrogens is 164 g/mol. The number of ether oxygens (including phenoxy) is 1. The molecule has 0 atom stereocenters. The predicted molar refractivity (Wildman–Crippen MR) is 52.4 cm³/mol. The van der Waals surface area contributed by atoms with Crippen molar-refractivity contribution in [2.24, 2.45) is 0 Å². The van der Waals surface area contributed by atoms with Crippen molar-refractivity contribution in [2.75, 3.05) is 0 Å². The molecule has 1 aliphatic carbocycles. The van der Waals surface area contributed by atoms with Gasteiger partial charge in [-0.3, -0.25) is 0 Å². The summed E-state index contributed by atoms with van der Waals surface area (Å²) in [5.41, 5.74) is 0. The maximum absolute atomic E-state index is 11.1. The van der Waals surface area contributed by atoms with Gasteiger partial charge in [0.25, 0.3) is 0 Å². The normalized spacial score (nSPS) is 20.1. The largest absolute Gasteiger partial charge is 0.459 e. The van der Waals surface area contributed by atoms with Crippen molar-refractivity contribution in [3.63, 3.8) is 0 Å². The van der Waals surface area contributed by atoms with Crippen LogP contribution in [0.25, 0.3) is 0 Å².